The molecule has 27 heavy (non-hydrogen) atoms. The minimum absolute atomic E-state index is 0.232. The van der Waals surface area contributed by atoms with Gasteiger partial charge in [0, 0.05) is 24.8 Å². The lowest BCUT2D eigenvalue weighted by molar-refractivity contribution is -0.137. The lowest BCUT2D eigenvalue weighted by Gasteiger charge is -2.09. The number of rotatable bonds is 3. The van der Waals surface area contributed by atoms with E-state index in [-0.39, 0.29) is 17.0 Å². The quantitative estimate of drug-likeness (QED) is 0.500. The van der Waals surface area contributed by atoms with Gasteiger partial charge in [0.05, 0.1) is 11.3 Å². The van der Waals surface area contributed by atoms with Crippen molar-refractivity contribution < 1.29 is 13.2 Å². The van der Waals surface area contributed by atoms with Crippen LogP contribution in [0.1, 0.15) is 18.2 Å². The van der Waals surface area contributed by atoms with Crippen LogP contribution in [0.5, 0.6) is 0 Å². The topological polar surface area (TPSA) is 56.6 Å². The molecule has 140 valence electrons. The summed E-state index contributed by atoms with van der Waals surface area (Å²) in [6.07, 6.45) is 1.48. The molecule has 4 aromatic rings. The van der Waals surface area contributed by atoms with Crippen LogP contribution in [-0.4, -0.2) is 29.1 Å². The van der Waals surface area contributed by atoms with Crippen LogP contribution in [-0.2, 0) is 6.18 Å². The number of fused-ring (bicyclic) bond motifs is 2. The van der Waals surface area contributed by atoms with Gasteiger partial charge in [-0.2, -0.15) is 13.2 Å². The Morgan fingerprint density at radius 3 is 2.63 bits per heavy atom. The molecular weight excluding hydrogens is 379 g/mol. The molecule has 0 saturated carbocycles. The second-order valence-corrected chi connectivity index (χ2v) is 7.16. The fraction of sp³-hybridized carbons (Fsp3) is 0.235. The third-order valence-corrected chi connectivity index (χ3v) is 4.97. The van der Waals surface area contributed by atoms with Crippen LogP contribution in [0.15, 0.2) is 46.7 Å². The van der Waals surface area contributed by atoms with Crippen LogP contribution in [0.3, 0.4) is 0 Å². The Labute approximate surface area is 155 Å². The minimum atomic E-state index is -4.46. The standard InChI is InChI=1S/C17H14F3N5OS/c1-3-27-16-14(22-12-5-4-11(9-25(12)16)17(18,19)20)24-7-6-23-8-10(2)21-13(23)15(24)26/h4-9H,3H2,1-2H3. The first-order chi connectivity index (χ1) is 12.8. The van der Waals surface area contributed by atoms with Gasteiger partial charge >= 0.3 is 6.18 Å². The van der Waals surface area contributed by atoms with E-state index in [0.29, 0.717) is 22.1 Å². The number of pyridine rings is 1. The highest BCUT2D eigenvalue weighted by atomic mass is 32.2. The number of thioether (sulfide) groups is 1. The van der Waals surface area contributed by atoms with Crippen molar-refractivity contribution in [2.45, 2.75) is 25.0 Å². The van der Waals surface area contributed by atoms with E-state index in [0.717, 1.165) is 12.3 Å². The monoisotopic (exact) mass is 393 g/mol. The molecule has 4 aromatic heterocycles. The molecule has 0 fully saturated rings. The summed E-state index contributed by atoms with van der Waals surface area (Å²) in [5.41, 5.74) is 0.0974. The van der Waals surface area contributed by atoms with Gasteiger partial charge in [0.1, 0.15) is 10.7 Å². The Hall–Kier alpha value is -2.75. The Bertz CT molecular complexity index is 1220. The summed E-state index contributed by atoms with van der Waals surface area (Å²) in [6.45, 7) is 3.66. The molecule has 0 spiro atoms. The molecule has 0 aliphatic heterocycles. The van der Waals surface area contributed by atoms with Crippen molar-refractivity contribution in [1.82, 2.24) is 23.3 Å². The molecule has 0 bridgehead atoms. The largest absolute Gasteiger partial charge is 0.417 e. The van der Waals surface area contributed by atoms with Crippen LogP contribution in [0.2, 0.25) is 0 Å². The number of hydrogen-bond acceptors (Lipinski definition) is 4. The van der Waals surface area contributed by atoms with E-state index < -0.39 is 11.7 Å². The summed E-state index contributed by atoms with van der Waals surface area (Å²) >= 11 is 1.32. The van der Waals surface area contributed by atoms with Gasteiger partial charge in [-0.15, -0.1) is 11.8 Å². The third-order valence-electron chi connectivity index (χ3n) is 4.03. The van der Waals surface area contributed by atoms with Crippen LogP contribution >= 0.6 is 11.8 Å². The number of imidazole rings is 2. The van der Waals surface area contributed by atoms with Gasteiger partial charge in [0.15, 0.2) is 5.82 Å². The second-order valence-electron chi connectivity index (χ2n) is 5.90. The molecule has 10 heteroatoms. The molecule has 0 aromatic carbocycles. The summed E-state index contributed by atoms with van der Waals surface area (Å²) in [7, 11) is 0. The molecule has 0 saturated heterocycles. The molecule has 6 nitrogen and oxygen atoms in total. The van der Waals surface area contributed by atoms with Crippen molar-refractivity contribution in [3.63, 3.8) is 0 Å². The molecule has 4 rings (SSSR count). The lowest BCUT2D eigenvalue weighted by Crippen LogP contribution is -2.20. The van der Waals surface area contributed by atoms with Gasteiger partial charge < -0.3 is 4.40 Å². The molecule has 0 aliphatic rings. The zero-order chi connectivity index (χ0) is 19.3. The van der Waals surface area contributed by atoms with Crippen LogP contribution in [0, 0.1) is 6.92 Å². The van der Waals surface area contributed by atoms with Crippen LogP contribution < -0.4 is 5.56 Å². The summed E-state index contributed by atoms with van der Waals surface area (Å²) in [6, 6.07) is 2.28. The first-order valence-electron chi connectivity index (χ1n) is 8.09. The highest BCUT2D eigenvalue weighted by Crippen LogP contribution is 2.32. The second kappa shape index (κ2) is 6.15. The van der Waals surface area contributed by atoms with Crippen molar-refractivity contribution in [1.29, 1.82) is 0 Å². The predicted octanol–water partition coefficient (Wildman–Crippen LogP) is 3.57. The van der Waals surface area contributed by atoms with Crippen molar-refractivity contribution >= 4 is 23.1 Å². The fourth-order valence-corrected chi connectivity index (χ4v) is 3.71. The molecule has 0 aliphatic carbocycles. The maximum atomic E-state index is 13.1. The highest BCUT2D eigenvalue weighted by molar-refractivity contribution is 7.99. The summed E-state index contributed by atoms with van der Waals surface area (Å²) in [4.78, 5) is 21.5. The van der Waals surface area contributed by atoms with E-state index in [2.05, 4.69) is 9.97 Å². The summed E-state index contributed by atoms with van der Waals surface area (Å²) in [5.74, 6) is 0.894. The number of aromatic nitrogens is 5. The third kappa shape index (κ3) is 2.89. The minimum Gasteiger partial charge on any atom is -0.301 e. The zero-order valence-electron chi connectivity index (χ0n) is 14.4. The smallest absolute Gasteiger partial charge is 0.301 e. The van der Waals surface area contributed by atoms with Gasteiger partial charge in [-0.25, -0.2) is 9.97 Å². The lowest BCUT2D eigenvalue weighted by atomic mass is 10.3. The number of nitrogens with zero attached hydrogens (tertiary/aromatic N) is 5. The van der Waals surface area contributed by atoms with Gasteiger partial charge in [-0.3, -0.25) is 13.8 Å². The predicted molar refractivity (Wildman–Crippen MR) is 95.7 cm³/mol. The highest BCUT2D eigenvalue weighted by Gasteiger charge is 2.31. The number of hydrogen-bond donors (Lipinski definition) is 0. The van der Waals surface area contributed by atoms with Gasteiger partial charge in [-0.1, -0.05) is 6.92 Å². The summed E-state index contributed by atoms with van der Waals surface area (Å²) in [5, 5.41) is 0.466. The Balaban J connectivity index is 2.00. The average Bonchev–Trinajstić information content (AvgIpc) is 3.15. The Morgan fingerprint density at radius 2 is 1.93 bits per heavy atom. The maximum absolute atomic E-state index is 13.1. The molecule has 4 heterocycles. The normalized spacial score (nSPS) is 12.3. The van der Waals surface area contributed by atoms with Crippen molar-refractivity contribution in [2.75, 3.05) is 5.75 Å². The van der Waals surface area contributed by atoms with Crippen LogP contribution in [0.4, 0.5) is 13.2 Å². The number of alkyl halides is 3. The van der Waals surface area contributed by atoms with E-state index >= 15 is 0 Å². The van der Waals surface area contributed by atoms with E-state index in [1.165, 1.54) is 26.8 Å². The molecule has 0 amide bonds. The van der Waals surface area contributed by atoms with Gasteiger partial charge in [0.25, 0.3) is 5.56 Å². The molecule has 0 N–H and O–H groups in total. The molecule has 0 unspecified atom stereocenters. The number of aryl methyl sites for hydroxylation is 1. The van der Waals surface area contributed by atoms with E-state index in [9.17, 15) is 18.0 Å². The Kier molecular flexibility index (Phi) is 4.02. The SMILES string of the molecule is CCSc1c(-n2ccn3cc(C)nc3c2=O)nc2ccc(C(F)(F)F)cn12. The Morgan fingerprint density at radius 1 is 1.15 bits per heavy atom. The number of halogens is 3. The first kappa shape index (κ1) is 17.7. The van der Waals surface area contributed by atoms with E-state index in [1.54, 1.807) is 29.9 Å². The summed E-state index contributed by atoms with van der Waals surface area (Å²) < 4.78 is 43.6. The van der Waals surface area contributed by atoms with Crippen molar-refractivity contribution in [3.8, 4) is 5.82 Å². The van der Waals surface area contributed by atoms with E-state index in [4.69, 9.17) is 0 Å². The average molecular weight is 393 g/mol. The molecular formula is C17H14F3N5OS. The maximum Gasteiger partial charge on any atom is 0.417 e. The van der Waals surface area contributed by atoms with Crippen molar-refractivity contribution in [3.05, 3.63) is 58.5 Å². The first-order valence-corrected chi connectivity index (χ1v) is 9.07. The van der Waals surface area contributed by atoms with Gasteiger partial charge in [0.2, 0.25) is 5.65 Å². The molecule has 0 atom stereocenters. The van der Waals surface area contributed by atoms with E-state index in [1.807, 2.05) is 6.92 Å². The fourth-order valence-electron chi connectivity index (χ4n) is 2.87. The van der Waals surface area contributed by atoms with Gasteiger partial charge in [-0.05, 0) is 24.8 Å². The molecule has 0 radical (unpaired) electrons. The zero-order valence-corrected chi connectivity index (χ0v) is 15.2. The van der Waals surface area contributed by atoms with Crippen LogP contribution in [0.25, 0.3) is 17.1 Å². The van der Waals surface area contributed by atoms with Crippen molar-refractivity contribution in [2.24, 2.45) is 0 Å².